The van der Waals surface area contributed by atoms with Crippen LogP contribution in [0.15, 0.2) is 97.1 Å². The number of aryl methyl sites for hydroxylation is 1. The Hall–Kier alpha value is -2.74. The van der Waals surface area contributed by atoms with Crippen molar-refractivity contribution >= 4 is 0 Å². The van der Waals surface area contributed by atoms with Crippen LogP contribution >= 0.6 is 0 Å². The van der Waals surface area contributed by atoms with Crippen molar-refractivity contribution in [3.8, 4) is 11.1 Å². The highest BCUT2D eigenvalue weighted by Crippen LogP contribution is 2.28. The molecule has 0 amide bonds. The average Bonchev–Trinajstić information content (AvgIpc) is 2.66. The van der Waals surface area contributed by atoms with E-state index in [9.17, 15) is 8.78 Å². The molecule has 0 N–H and O–H groups in total. The third-order valence-corrected chi connectivity index (χ3v) is 4.36. The Morgan fingerprint density at radius 2 is 1.28 bits per heavy atom. The van der Waals surface area contributed by atoms with Gasteiger partial charge in [0.15, 0.2) is 0 Å². The number of rotatable bonds is 6. The quantitative estimate of drug-likeness (QED) is 0.462. The van der Waals surface area contributed by atoms with Crippen molar-refractivity contribution in [2.45, 2.75) is 18.8 Å². The van der Waals surface area contributed by atoms with Crippen LogP contribution in [-0.4, -0.2) is 0 Å². The number of allylic oxidation sites excluding steroid dienone is 1. The molecule has 0 bridgehead atoms. The van der Waals surface area contributed by atoms with Gasteiger partial charge >= 0.3 is 0 Å². The summed E-state index contributed by atoms with van der Waals surface area (Å²) in [6.07, 6.45) is 0.882. The average molecular weight is 334 g/mol. The molecular weight excluding hydrogens is 314 g/mol. The zero-order valence-corrected chi connectivity index (χ0v) is 13.9. The van der Waals surface area contributed by atoms with Gasteiger partial charge < -0.3 is 0 Å². The van der Waals surface area contributed by atoms with E-state index in [0.29, 0.717) is 6.42 Å². The molecule has 3 aromatic rings. The Morgan fingerprint density at radius 1 is 0.720 bits per heavy atom. The van der Waals surface area contributed by atoms with E-state index in [2.05, 4.69) is 0 Å². The minimum Gasteiger partial charge on any atom is -0.174 e. The van der Waals surface area contributed by atoms with E-state index in [1.807, 2.05) is 84.9 Å². The standard InChI is InChI=1S/C23H20F2/c24-23(25)17-22(12-11-18-7-3-1-4-8-18)21-15-13-20(14-16-21)19-9-5-2-6-10-19/h1-10,13-17,22H,11-12H2. The zero-order valence-electron chi connectivity index (χ0n) is 13.9. The summed E-state index contributed by atoms with van der Waals surface area (Å²) in [6.45, 7) is 0. The first-order valence-corrected chi connectivity index (χ1v) is 8.44. The van der Waals surface area contributed by atoms with E-state index in [-0.39, 0.29) is 5.92 Å². The van der Waals surface area contributed by atoms with Gasteiger partial charge in [-0.1, -0.05) is 84.9 Å². The molecule has 0 aliphatic rings. The first-order valence-electron chi connectivity index (χ1n) is 8.44. The molecule has 0 fully saturated rings. The van der Waals surface area contributed by atoms with Crippen molar-refractivity contribution in [1.82, 2.24) is 0 Å². The minimum atomic E-state index is -1.62. The molecule has 3 aromatic carbocycles. The van der Waals surface area contributed by atoms with Crippen molar-refractivity contribution in [3.63, 3.8) is 0 Å². The predicted octanol–water partition coefficient (Wildman–Crippen LogP) is 6.85. The second kappa shape index (κ2) is 8.39. The first kappa shape index (κ1) is 17.1. The van der Waals surface area contributed by atoms with Crippen LogP contribution in [0.3, 0.4) is 0 Å². The maximum Gasteiger partial charge on any atom is 0.266 e. The fraction of sp³-hybridized carbons (Fsp3) is 0.130. The van der Waals surface area contributed by atoms with E-state index in [1.54, 1.807) is 0 Å². The molecular formula is C23H20F2. The van der Waals surface area contributed by atoms with Crippen molar-refractivity contribution in [2.24, 2.45) is 0 Å². The van der Waals surface area contributed by atoms with Gasteiger partial charge in [0.1, 0.15) is 0 Å². The lowest BCUT2D eigenvalue weighted by Gasteiger charge is -2.14. The Bertz CT molecular complexity index is 802. The summed E-state index contributed by atoms with van der Waals surface area (Å²) in [4.78, 5) is 0. The summed E-state index contributed by atoms with van der Waals surface area (Å²) in [6, 6.07) is 28.0. The van der Waals surface area contributed by atoms with E-state index in [4.69, 9.17) is 0 Å². The number of hydrogen-bond donors (Lipinski definition) is 0. The second-order valence-corrected chi connectivity index (χ2v) is 6.08. The first-order chi connectivity index (χ1) is 12.2. The molecule has 0 heterocycles. The molecule has 0 spiro atoms. The topological polar surface area (TPSA) is 0 Å². The molecule has 0 aromatic heterocycles. The molecule has 0 saturated carbocycles. The molecule has 25 heavy (non-hydrogen) atoms. The van der Waals surface area contributed by atoms with Crippen LogP contribution in [0, 0.1) is 0 Å². The molecule has 0 radical (unpaired) electrons. The van der Waals surface area contributed by atoms with Gasteiger partial charge in [0.2, 0.25) is 0 Å². The molecule has 1 atom stereocenters. The Kier molecular flexibility index (Phi) is 5.73. The number of hydrogen-bond acceptors (Lipinski definition) is 0. The maximum atomic E-state index is 12.9. The van der Waals surface area contributed by atoms with E-state index in [1.165, 1.54) is 5.56 Å². The van der Waals surface area contributed by atoms with Crippen LogP contribution in [-0.2, 0) is 6.42 Å². The van der Waals surface area contributed by atoms with Crippen LogP contribution in [0.2, 0.25) is 0 Å². The molecule has 3 rings (SSSR count). The molecule has 0 saturated heterocycles. The fourth-order valence-electron chi connectivity index (χ4n) is 3.02. The van der Waals surface area contributed by atoms with Gasteiger partial charge in [-0.3, -0.25) is 0 Å². The van der Waals surface area contributed by atoms with Crippen molar-refractivity contribution in [1.29, 1.82) is 0 Å². The van der Waals surface area contributed by atoms with E-state index in [0.717, 1.165) is 29.2 Å². The molecule has 0 aliphatic heterocycles. The van der Waals surface area contributed by atoms with Gasteiger partial charge in [-0.05, 0) is 41.2 Å². The van der Waals surface area contributed by atoms with Crippen LogP contribution in [0.1, 0.15) is 23.5 Å². The third-order valence-electron chi connectivity index (χ3n) is 4.36. The van der Waals surface area contributed by atoms with Crippen LogP contribution in [0.5, 0.6) is 0 Å². The normalized spacial score (nSPS) is 11.8. The largest absolute Gasteiger partial charge is 0.266 e. The van der Waals surface area contributed by atoms with Gasteiger partial charge in [-0.25, -0.2) is 0 Å². The molecule has 2 heteroatoms. The summed E-state index contributed by atoms with van der Waals surface area (Å²) < 4.78 is 25.8. The minimum absolute atomic E-state index is 0.282. The smallest absolute Gasteiger partial charge is 0.174 e. The van der Waals surface area contributed by atoms with Gasteiger partial charge in [0, 0.05) is 5.92 Å². The van der Waals surface area contributed by atoms with Gasteiger partial charge in [0.05, 0.1) is 0 Å². The molecule has 0 aliphatic carbocycles. The van der Waals surface area contributed by atoms with Crippen molar-refractivity contribution in [3.05, 3.63) is 108 Å². The fourth-order valence-corrected chi connectivity index (χ4v) is 3.02. The molecule has 1 unspecified atom stereocenters. The Labute approximate surface area is 147 Å². The van der Waals surface area contributed by atoms with Gasteiger partial charge in [-0.15, -0.1) is 0 Å². The number of benzene rings is 3. The highest BCUT2D eigenvalue weighted by atomic mass is 19.3. The summed E-state index contributed by atoms with van der Waals surface area (Å²) in [5.74, 6) is -0.282. The highest BCUT2D eigenvalue weighted by molar-refractivity contribution is 5.63. The third kappa shape index (κ3) is 4.87. The predicted molar refractivity (Wildman–Crippen MR) is 99.7 cm³/mol. The number of halogens is 2. The monoisotopic (exact) mass is 334 g/mol. The SMILES string of the molecule is FC(F)=CC(CCc1ccccc1)c1ccc(-c2ccccc2)cc1. The molecule has 0 nitrogen and oxygen atoms in total. The van der Waals surface area contributed by atoms with E-state index < -0.39 is 6.08 Å². The van der Waals surface area contributed by atoms with E-state index >= 15 is 0 Å². The highest BCUT2D eigenvalue weighted by Gasteiger charge is 2.11. The summed E-state index contributed by atoms with van der Waals surface area (Å²) in [5.41, 5.74) is 4.31. The summed E-state index contributed by atoms with van der Waals surface area (Å²) >= 11 is 0. The molecule has 126 valence electrons. The van der Waals surface area contributed by atoms with Crippen LogP contribution < -0.4 is 0 Å². The lowest BCUT2D eigenvalue weighted by Crippen LogP contribution is -1.99. The second-order valence-electron chi connectivity index (χ2n) is 6.08. The van der Waals surface area contributed by atoms with Crippen LogP contribution in [0.4, 0.5) is 8.78 Å². The summed E-state index contributed by atoms with van der Waals surface area (Å²) in [5, 5.41) is 0. The van der Waals surface area contributed by atoms with Crippen molar-refractivity contribution < 1.29 is 8.78 Å². The Balaban J connectivity index is 1.78. The van der Waals surface area contributed by atoms with Gasteiger partial charge in [-0.2, -0.15) is 8.78 Å². The maximum absolute atomic E-state index is 12.9. The van der Waals surface area contributed by atoms with Crippen LogP contribution in [0.25, 0.3) is 11.1 Å². The summed E-state index contributed by atoms with van der Waals surface area (Å²) in [7, 11) is 0. The van der Waals surface area contributed by atoms with Crippen molar-refractivity contribution in [2.75, 3.05) is 0 Å². The lowest BCUT2D eigenvalue weighted by atomic mass is 9.91. The Morgan fingerprint density at radius 3 is 1.88 bits per heavy atom. The van der Waals surface area contributed by atoms with Gasteiger partial charge in [0.25, 0.3) is 6.08 Å². The zero-order chi connectivity index (χ0) is 17.5. The lowest BCUT2D eigenvalue weighted by molar-refractivity contribution is 0.413.